The molecular formula is C59H106ClN3O12. The number of rotatable bonds is 21. The molecule has 436 valence electrons. The normalized spacial score (nSPS) is 27.9. The lowest BCUT2D eigenvalue weighted by Gasteiger charge is -2.31. The number of nitrogens with zero attached hydrogens (tertiary/aromatic N) is 1. The third-order valence-corrected chi connectivity index (χ3v) is 14.8. The van der Waals surface area contributed by atoms with E-state index in [-0.39, 0.29) is 96.0 Å². The standard InChI is InChI=1S/C24H38N2O6.C18H34O3.C17H33NO3.ClH/c1-6-14-31-19-9-7-8-18(24(29)32-16(4)17(19)11-10-15(2)3)26-23(28)21-22(27)20(30-5)12-13-25-21;1-6-12-20-17-9-7-8-14(4)18(19)21-15(5)16(17)11-10-13(2)3;1-5-11-20-16-8-6-7-15(18)17(19)21-13(4)14(16)10-9-12(2)3;/h12-13,15-19,27H,6-11,14H2,1-5H3,(H,26,28);13-17H,6-12H2,1-5H3;12-16H,5-11,18H2,1-4H3;1H/t16-,17-,18-,19-;14-,15-,16-,17-;13-,14-,15-,16-;/m000./s1. The maximum atomic E-state index is 12.9. The van der Waals surface area contributed by atoms with E-state index in [0.29, 0.717) is 49.0 Å². The summed E-state index contributed by atoms with van der Waals surface area (Å²) in [6.07, 6.45) is 18.5. The second-order valence-electron chi connectivity index (χ2n) is 22.7. The number of carbonyl (C=O) groups excluding carboxylic acids is 4. The van der Waals surface area contributed by atoms with Crippen LogP contribution in [0.3, 0.4) is 0 Å². The lowest BCUT2D eigenvalue weighted by atomic mass is 9.86. The van der Waals surface area contributed by atoms with Crippen molar-refractivity contribution in [2.45, 2.75) is 254 Å². The number of esters is 3. The topological polar surface area (TPSA) is 206 Å². The predicted octanol–water partition coefficient (Wildman–Crippen LogP) is 8.01. The van der Waals surface area contributed by atoms with E-state index in [2.05, 4.69) is 78.3 Å². The highest BCUT2D eigenvalue weighted by molar-refractivity contribution is 5.98. The van der Waals surface area contributed by atoms with Crippen LogP contribution in [0.4, 0.5) is 0 Å². The minimum absolute atomic E-state index is 0. The van der Waals surface area contributed by atoms with Gasteiger partial charge in [0.1, 0.15) is 24.4 Å². The van der Waals surface area contributed by atoms with Crippen LogP contribution in [0.15, 0.2) is 12.3 Å². The van der Waals surface area contributed by atoms with Gasteiger partial charge in [-0.25, -0.2) is 14.6 Å². The monoisotopic (exact) mass is 1080 g/mol. The highest BCUT2D eigenvalue weighted by Gasteiger charge is 2.37. The molecule has 3 saturated heterocycles. The van der Waals surface area contributed by atoms with Gasteiger partial charge in [0.25, 0.3) is 5.91 Å². The zero-order valence-corrected chi connectivity index (χ0v) is 49.9. The number of pyridine rings is 1. The summed E-state index contributed by atoms with van der Waals surface area (Å²) in [5, 5.41) is 12.9. The van der Waals surface area contributed by atoms with Crippen LogP contribution in [0.2, 0.25) is 0 Å². The number of carbonyl (C=O) groups is 4. The summed E-state index contributed by atoms with van der Waals surface area (Å²) in [6, 6.07) is 0.395. The van der Waals surface area contributed by atoms with Crippen molar-refractivity contribution in [3.8, 4) is 11.5 Å². The van der Waals surface area contributed by atoms with Crippen LogP contribution in [0.1, 0.15) is 216 Å². The number of aromatic hydroxyl groups is 1. The number of hydrogen-bond donors (Lipinski definition) is 3. The van der Waals surface area contributed by atoms with Gasteiger partial charge >= 0.3 is 17.9 Å². The van der Waals surface area contributed by atoms with Gasteiger partial charge in [-0.1, -0.05) is 94.9 Å². The Balaban J connectivity index is 0.000000579. The second kappa shape index (κ2) is 38.3. The molecule has 0 unspecified atom stereocenters. The van der Waals surface area contributed by atoms with Gasteiger partial charge in [0.2, 0.25) is 0 Å². The van der Waals surface area contributed by atoms with Crippen LogP contribution >= 0.6 is 0 Å². The van der Waals surface area contributed by atoms with Crippen molar-refractivity contribution in [2.24, 2.45) is 41.4 Å². The van der Waals surface area contributed by atoms with Crippen molar-refractivity contribution >= 4 is 23.8 Å². The van der Waals surface area contributed by atoms with Gasteiger partial charge in [0.05, 0.1) is 31.3 Å². The molecule has 15 nitrogen and oxygen atoms in total. The number of aromatic nitrogens is 1. The fourth-order valence-corrected chi connectivity index (χ4v) is 10.1. The van der Waals surface area contributed by atoms with E-state index in [1.54, 1.807) is 0 Å². The Kier molecular flexibility index (Phi) is 35.7. The first-order valence-corrected chi connectivity index (χ1v) is 29.0. The highest BCUT2D eigenvalue weighted by atomic mass is 35.5. The molecule has 12 atom stereocenters. The number of nitrogens with one attached hydrogen (secondary N) is 1. The van der Waals surface area contributed by atoms with Gasteiger partial charge in [-0.3, -0.25) is 9.59 Å². The second-order valence-corrected chi connectivity index (χ2v) is 22.7. The molecule has 1 amide bonds. The third-order valence-electron chi connectivity index (χ3n) is 14.8. The van der Waals surface area contributed by atoms with Crippen molar-refractivity contribution in [3.63, 3.8) is 0 Å². The van der Waals surface area contributed by atoms with E-state index in [1.807, 2.05) is 27.7 Å². The first kappa shape index (κ1) is 69.8. The Morgan fingerprint density at radius 1 is 0.653 bits per heavy atom. The Labute approximate surface area is 460 Å². The maximum Gasteiger partial charge on any atom is 0.365 e. The average Bonchev–Trinajstić information content (AvgIpc) is 3.46. The van der Waals surface area contributed by atoms with Crippen LogP contribution in [0.25, 0.3) is 0 Å². The van der Waals surface area contributed by atoms with Crippen molar-refractivity contribution in [1.82, 2.24) is 10.3 Å². The van der Waals surface area contributed by atoms with E-state index in [4.69, 9.17) is 33.2 Å². The number of amides is 1. The highest BCUT2D eigenvalue weighted by Crippen LogP contribution is 2.33. The molecule has 0 spiro atoms. The van der Waals surface area contributed by atoms with Gasteiger partial charge in [-0.2, -0.15) is 0 Å². The number of ether oxygens (including phenoxy) is 7. The largest absolute Gasteiger partial charge is 1.00 e. The molecule has 0 aromatic carbocycles. The summed E-state index contributed by atoms with van der Waals surface area (Å²) in [5.41, 5.74) is 3.74. The predicted molar refractivity (Wildman–Crippen MR) is 291 cm³/mol. The quantitative estimate of drug-likeness (QED) is 0.0789. The number of halogens is 1. The molecule has 0 saturated carbocycles. The molecule has 0 radical (unpaired) electrons. The zero-order chi connectivity index (χ0) is 55.3. The Bertz CT molecular complexity index is 1680. The van der Waals surface area contributed by atoms with Gasteiger partial charge in [-0.05, 0) is 122 Å². The average molecular weight is 1080 g/mol. The Hall–Kier alpha value is -3.24. The van der Waals surface area contributed by atoms with Gasteiger partial charge in [0.15, 0.2) is 23.2 Å². The zero-order valence-electron chi connectivity index (χ0n) is 49.1. The minimum Gasteiger partial charge on any atom is -1.00 e. The summed E-state index contributed by atoms with van der Waals surface area (Å²) in [7, 11) is 1.39. The summed E-state index contributed by atoms with van der Waals surface area (Å²) in [6.45, 7) is 29.9. The Morgan fingerprint density at radius 3 is 1.47 bits per heavy atom. The van der Waals surface area contributed by atoms with Gasteiger partial charge in [0, 0.05) is 56.3 Å². The molecule has 4 heterocycles. The van der Waals surface area contributed by atoms with E-state index in [0.717, 1.165) is 116 Å². The first-order chi connectivity index (χ1) is 35.2. The molecule has 1 aromatic rings. The molecule has 3 aliphatic rings. The fraction of sp³-hybridized carbons (Fsp3) is 0.847. The first-order valence-electron chi connectivity index (χ1n) is 29.0. The molecule has 4 rings (SSSR count). The summed E-state index contributed by atoms with van der Waals surface area (Å²) in [5.74, 6) is 1.10. The lowest BCUT2D eigenvalue weighted by molar-refractivity contribution is -0.410. The molecule has 0 bridgehead atoms. The van der Waals surface area contributed by atoms with E-state index in [9.17, 15) is 24.3 Å². The van der Waals surface area contributed by atoms with E-state index < -0.39 is 17.9 Å². The SMILES string of the molecule is CCCO[C@H]1CCC[C@H](C)C(=O)O[C@@H](C)[C@@H]1CCC(C)C.CCCO[C@H]1CCC[C@H](NC(=O)c2nccc(OC)c2O)C(=O)O[C@@H](C)[C@@H]1CCC(C)C.CCCO[C@H]1CCC[C@H]([NH3+])C(=O)O[C@@H](C)[C@@H]1CCC(C)C.[Cl-]. The summed E-state index contributed by atoms with van der Waals surface area (Å²) < 4.78 is 40.6. The fourth-order valence-electron chi connectivity index (χ4n) is 10.1. The van der Waals surface area contributed by atoms with E-state index in [1.165, 1.54) is 19.4 Å². The van der Waals surface area contributed by atoms with Crippen LogP contribution in [0.5, 0.6) is 11.5 Å². The molecule has 3 fully saturated rings. The van der Waals surface area contributed by atoms with Gasteiger partial charge in [-0.15, -0.1) is 0 Å². The maximum absolute atomic E-state index is 12.9. The van der Waals surface area contributed by atoms with Crippen molar-refractivity contribution in [3.05, 3.63) is 18.0 Å². The van der Waals surface area contributed by atoms with Crippen molar-refractivity contribution in [1.29, 1.82) is 0 Å². The number of hydrogen-bond acceptors (Lipinski definition) is 13. The molecule has 5 N–H and O–H groups in total. The molecular weight excluding hydrogens is 978 g/mol. The minimum atomic E-state index is -0.826. The molecule has 16 heteroatoms. The Morgan fingerprint density at radius 2 is 1.05 bits per heavy atom. The lowest BCUT2D eigenvalue weighted by Crippen LogP contribution is -3.00. The number of methoxy groups -OCH3 is 1. The van der Waals surface area contributed by atoms with Gasteiger partial charge < -0.3 is 61.7 Å². The van der Waals surface area contributed by atoms with Crippen molar-refractivity contribution in [2.75, 3.05) is 26.9 Å². The number of quaternary nitrogens is 1. The molecule has 75 heavy (non-hydrogen) atoms. The van der Waals surface area contributed by atoms with Crippen LogP contribution in [-0.4, -0.2) is 110 Å². The van der Waals surface area contributed by atoms with Crippen LogP contribution in [-0.2, 0) is 42.8 Å². The summed E-state index contributed by atoms with van der Waals surface area (Å²) >= 11 is 0. The molecule has 3 aliphatic heterocycles. The molecule has 1 aromatic heterocycles. The number of cyclic esters (lactones) is 3. The smallest absolute Gasteiger partial charge is 0.365 e. The van der Waals surface area contributed by atoms with E-state index >= 15 is 0 Å². The van der Waals surface area contributed by atoms with Crippen LogP contribution in [0, 0.1) is 41.4 Å². The van der Waals surface area contributed by atoms with Crippen LogP contribution < -0.4 is 28.2 Å². The van der Waals surface area contributed by atoms with Crippen molar-refractivity contribution < 1.29 is 75.6 Å². The summed E-state index contributed by atoms with van der Waals surface area (Å²) in [4.78, 5) is 53.7. The third kappa shape index (κ3) is 25.9. The molecule has 0 aliphatic carbocycles.